The third-order valence-electron chi connectivity index (χ3n) is 4.11. The molecule has 0 saturated carbocycles. The summed E-state index contributed by atoms with van der Waals surface area (Å²) < 4.78 is 1.80. The van der Waals surface area contributed by atoms with Gasteiger partial charge in [0, 0.05) is 24.5 Å². The van der Waals surface area contributed by atoms with Crippen molar-refractivity contribution in [3.8, 4) is 11.3 Å². The number of hydrogen-bond acceptors (Lipinski definition) is 3. The Hall–Kier alpha value is -2.89. The van der Waals surface area contributed by atoms with Crippen LogP contribution in [0.5, 0.6) is 0 Å². The predicted molar refractivity (Wildman–Crippen MR) is 97.2 cm³/mol. The maximum atomic E-state index is 12.3. The molecule has 0 radical (unpaired) electrons. The molecule has 1 amide bonds. The smallest absolute Gasteiger partial charge is 0.254 e. The number of amides is 1. The third-order valence-corrected chi connectivity index (χ3v) is 4.11. The molecule has 3 aromatic rings. The van der Waals surface area contributed by atoms with Crippen molar-refractivity contribution in [2.45, 2.75) is 39.8 Å². The molecule has 3 rings (SSSR count). The number of nitrogens with zero attached hydrogens (tertiary/aromatic N) is 3. The zero-order valence-corrected chi connectivity index (χ0v) is 15.0. The zero-order chi connectivity index (χ0) is 18.0. The first-order valence-corrected chi connectivity index (χ1v) is 8.27. The molecule has 0 aliphatic carbocycles. The lowest BCUT2D eigenvalue weighted by molar-refractivity contribution is 0.0950. The van der Waals surface area contributed by atoms with Crippen molar-refractivity contribution in [3.63, 3.8) is 0 Å². The lowest BCUT2D eigenvalue weighted by Crippen LogP contribution is -2.24. The van der Waals surface area contributed by atoms with E-state index in [1.807, 2.05) is 45.9 Å². The highest BCUT2D eigenvalue weighted by molar-refractivity contribution is 5.93. The van der Waals surface area contributed by atoms with Gasteiger partial charge in [0.2, 0.25) is 0 Å². The number of benzene rings is 1. The van der Waals surface area contributed by atoms with Crippen molar-refractivity contribution in [2.75, 3.05) is 0 Å². The second kappa shape index (κ2) is 6.55. The van der Waals surface area contributed by atoms with Gasteiger partial charge in [0.15, 0.2) is 0 Å². The molecule has 0 saturated heterocycles. The van der Waals surface area contributed by atoms with Crippen LogP contribution < -0.4 is 5.32 Å². The van der Waals surface area contributed by atoms with Crippen LogP contribution in [0.25, 0.3) is 11.3 Å². The first-order chi connectivity index (χ1) is 11.8. The van der Waals surface area contributed by atoms with Crippen molar-refractivity contribution < 1.29 is 4.79 Å². The van der Waals surface area contributed by atoms with Crippen molar-refractivity contribution in [1.29, 1.82) is 0 Å². The molecule has 25 heavy (non-hydrogen) atoms. The number of nitrogens with one attached hydrogen (secondary N) is 2. The largest absolute Gasteiger partial charge is 0.348 e. The summed E-state index contributed by atoms with van der Waals surface area (Å²) in [6, 6.07) is 8.05. The molecule has 6 heteroatoms. The summed E-state index contributed by atoms with van der Waals surface area (Å²) in [5.41, 5.74) is 4.59. The molecule has 0 aliphatic heterocycles. The highest BCUT2D eigenvalue weighted by Crippen LogP contribution is 2.20. The van der Waals surface area contributed by atoms with Gasteiger partial charge in [0.05, 0.1) is 23.0 Å². The summed E-state index contributed by atoms with van der Waals surface area (Å²) in [5.74, 6) is -0.119. The maximum Gasteiger partial charge on any atom is 0.254 e. The number of carbonyl (C=O) groups excluding carboxylic acids is 1. The minimum absolute atomic E-state index is 0.119. The molecule has 2 aromatic heterocycles. The molecule has 1 aromatic carbocycles. The average molecular weight is 337 g/mol. The van der Waals surface area contributed by atoms with E-state index in [4.69, 9.17) is 0 Å². The Bertz CT molecular complexity index is 872. The lowest BCUT2D eigenvalue weighted by Gasteiger charge is -2.18. The molecule has 0 bridgehead atoms. The Morgan fingerprint density at radius 1 is 1.28 bits per heavy atom. The van der Waals surface area contributed by atoms with E-state index in [0.717, 1.165) is 22.4 Å². The first kappa shape index (κ1) is 17.0. The van der Waals surface area contributed by atoms with Crippen molar-refractivity contribution in [1.82, 2.24) is 25.3 Å². The number of aryl methyl sites for hydroxylation is 1. The zero-order valence-electron chi connectivity index (χ0n) is 15.0. The molecule has 130 valence electrons. The van der Waals surface area contributed by atoms with Gasteiger partial charge in [-0.2, -0.15) is 10.2 Å². The van der Waals surface area contributed by atoms with Gasteiger partial charge in [-0.05, 0) is 51.0 Å². The van der Waals surface area contributed by atoms with Crippen LogP contribution in [0.1, 0.15) is 42.3 Å². The first-order valence-electron chi connectivity index (χ1n) is 8.27. The summed E-state index contributed by atoms with van der Waals surface area (Å²) in [4.78, 5) is 12.3. The van der Waals surface area contributed by atoms with E-state index in [1.54, 1.807) is 23.3 Å². The molecule has 0 unspecified atom stereocenters. The molecule has 0 atom stereocenters. The monoisotopic (exact) mass is 337 g/mol. The second-order valence-electron chi connectivity index (χ2n) is 7.13. The fourth-order valence-electron chi connectivity index (χ4n) is 2.56. The Morgan fingerprint density at radius 3 is 2.68 bits per heavy atom. The second-order valence-corrected chi connectivity index (χ2v) is 7.13. The van der Waals surface area contributed by atoms with Gasteiger partial charge in [0.1, 0.15) is 0 Å². The van der Waals surface area contributed by atoms with Crippen LogP contribution >= 0.6 is 0 Å². The van der Waals surface area contributed by atoms with E-state index in [0.29, 0.717) is 12.1 Å². The van der Waals surface area contributed by atoms with Gasteiger partial charge in [-0.15, -0.1) is 0 Å². The van der Waals surface area contributed by atoms with Gasteiger partial charge in [-0.3, -0.25) is 14.6 Å². The number of rotatable bonds is 4. The fraction of sp³-hybridized carbons (Fsp3) is 0.316. The SMILES string of the molecule is Cc1cc(-c2cc[nH]n2)ccc1CNC(=O)c1cnn(C(C)(C)C)c1. The van der Waals surface area contributed by atoms with Gasteiger partial charge in [-0.25, -0.2) is 0 Å². The normalized spacial score (nSPS) is 11.5. The summed E-state index contributed by atoms with van der Waals surface area (Å²) >= 11 is 0. The Labute approximate surface area is 147 Å². The number of carbonyl (C=O) groups is 1. The highest BCUT2D eigenvalue weighted by Gasteiger charge is 2.16. The summed E-state index contributed by atoms with van der Waals surface area (Å²) in [7, 11) is 0. The molecule has 0 fully saturated rings. The molecule has 2 heterocycles. The molecule has 0 spiro atoms. The van der Waals surface area contributed by atoms with Crippen LogP contribution in [0.3, 0.4) is 0 Å². The predicted octanol–water partition coefficient (Wildman–Crippen LogP) is 3.27. The minimum atomic E-state index is -0.142. The van der Waals surface area contributed by atoms with Crippen LogP contribution in [0.4, 0.5) is 0 Å². The van der Waals surface area contributed by atoms with Crippen LogP contribution in [0.2, 0.25) is 0 Å². The van der Waals surface area contributed by atoms with Crippen LogP contribution in [0, 0.1) is 6.92 Å². The van der Waals surface area contributed by atoms with E-state index in [2.05, 4.69) is 26.7 Å². The molecule has 2 N–H and O–H groups in total. The summed E-state index contributed by atoms with van der Waals surface area (Å²) in [6.07, 6.45) is 5.19. The quantitative estimate of drug-likeness (QED) is 0.767. The van der Waals surface area contributed by atoms with E-state index in [1.165, 1.54) is 0 Å². The van der Waals surface area contributed by atoms with Crippen molar-refractivity contribution in [2.24, 2.45) is 0 Å². The summed E-state index contributed by atoms with van der Waals surface area (Å²) in [6.45, 7) is 8.66. The highest BCUT2D eigenvalue weighted by atomic mass is 16.1. The summed E-state index contributed by atoms with van der Waals surface area (Å²) in [5, 5.41) is 14.2. The Balaban J connectivity index is 1.67. The van der Waals surface area contributed by atoms with Crippen molar-refractivity contribution in [3.05, 3.63) is 59.5 Å². The minimum Gasteiger partial charge on any atom is -0.348 e. The Morgan fingerprint density at radius 2 is 2.08 bits per heavy atom. The van der Waals surface area contributed by atoms with Gasteiger partial charge in [-0.1, -0.05) is 12.1 Å². The average Bonchev–Trinajstić information content (AvgIpc) is 3.24. The standard InChI is InChI=1S/C19H23N5O/c1-13-9-14(17-7-8-21-23-17)5-6-15(13)10-20-18(25)16-11-22-24(12-16)19(2,3)4/h5-9,11-12H,10H2,1-4H3,(H,20,25)(H,21,23). The van der Waals surface area contributed by atoms with Gasteiger partial charge in [0.25, 0.3) is 5.91 Å². The maximum absolute atomic E-state index is 12.3. The topological polar surface area (TPSA) is 75.6 Å². The number of H-pyrrole nitrogens is 1. The van der Waals surface area contributed by atoms with Crippen LogP contribution in [0.15, 0.2) is 42.9 Å². The molecular weight excluding hydrogens is 314 g/mol. The number of hydrogen-bond donors (Lipinski definition) is 2. The van der Waals surface area contributed by atoms with Gasteiger partial charge >= 0.3 is 0 Å². The van der Waals surface area contributed by atoms with Crippen LogP contribution in [-0.2, 0) is 12.1 Å². The Kier molecular flexibility index (Phi) is 4.44. The van der Waals surface area contributed by atoms with E-state index in [-0.39, 0.29) is 11.4 Å². The molecule has 0 aliphatic rings. The number of aromatic amines is 1. The number of aromatic nitrogens is 4. The fourth-order valence-corrected chi connectivity index (χ4v) is 2.56. The van der Waals surface area contributed by atoms with E-state index < -0.39 is 0 Å². The van der Waals surface area contributed by atoms with Crippen LogP contribution in [-0.4, -0.2) is 25.9 Å². The lowest BCUT2D eigenvalue weighted by atomic mass is 10.0. The molecule has 6 nitrogen and oxygen atoms in total. The third kappa shape index (κ3) is 3.79. The van der Waals surface area contributed by atoms with E-state index >= 15 is 0 Å². The molecular formula is C19H23N5O. The van der Waals surface area contributed by atoms with Gasteiger partial charge < -0.3 is 5.32 Å². The van der Waals surface area contributed by atoms with E-state index in [9.17, 15) is 4.79 Å². The van der Waals surface area contributed by atoms with Crippen molar-refractivity contribution >= 4 is 5.91 Å².